The molecule has 0 fully saturated rings. The average Bonchev–Trinajstić information content (AvgIpc) is 3.32. The van der Waals surface area contributed by atoms with Crippen LogP contribution in [0.15, 0.2) is 29.6 Å². The number of imidazole rings is 1. The molecule has 1 unspecified atom stereocenters. The van der Waals surface area contributed by atoms with E-state index in [4.69, 9.17) is 14.3 Å². The Bertz CT molecular complexity index is 1070. The zero-order chi connectivity index (χ0) is 19.7. The first-order valence-corrected chi connectivity index (χ1v) is 9.64. The minimum absolute atomic E-state index is 0.0852. The third kappa shape index (κ3) is 3.41. The lowest BCUT2D eigenvalue weighted by atomic mass is 10.2. The summed E-state index contributed by atoms with van der Waals surface area (Å²) in [5.74, 6) is 0.762. The maximum atomic E-state index is 12.8. The Morgan fingerprint density at radius 2 is 2.18 bits per heavy atom. The Morgan fingerprint density at radius 1 is 1.32 bits per heavy atom. The third-order valence-corrected chi connectivity index (χ3v) is 5.31. The number of aromatic amines is 1. The maximum absolute atomic E-state index is 12.8. The van der Waals surface area contributed by atoms with E-state index < -0.39 is 10.8 Å². The van der Waals surface area contributed by atoms with Crippen molar-refractivity contribution in [2.24, 2.45) is 0 Å². The molecule has 0 saturated heterocycles. The molecule has 11 heteroatoms. The predicted octanol–water partition coefficient (Wildman–Crippen LogP) is 0.952. The van der Waals surface area contributed by atoms with Gasteiger partial charge in [0.2, 0.25) is 5.88 Å². The van der Waals surface area contributed by atoms with Gasteiger partial charge >= 0.3 is 0 Å². The number of carbonyl (C=O) groups excluding carboxylic acids is 1. The summed E-state index contributed by atoms with van der Waals surface area (Å²) in [6.07, 6.45) is 1.56. The summed E-state index contributed by atoms with van der Waals surface area (Å²) in [5, 5.41) is 1.50. The molecular weight excluding hydrogens is 386 g/mol. The van der Waals surface area contributed by atoms with Gasteiger partial charge in [0, 0.05) is 31.0 Å². The number of nitrogens with zero attached hydrogens (tertiary/aromatic N) is 4. The molecule has 4 heterocycles. The van der Waals surface area contributed by atoms with Gasteiger partial charge in [0.1, 0.15) is 6.61 Å². The number of hydroxylamine groups is 2. The molecule has 0 radical (unpaired) electrons. The number of hydrogen-bond donors (Lipinski definition) is 1. The van der Waals surface area contributed by atoms with Crippen LogP contribution in [0.25, 0.3) is 11.2 Å². The minimum Gasteiger partial charge on any atom is -0.481 e. The van der Waals surface area contributed by atoms with Gasteiger partial charge in [0.15, 0.2) is 16.6 Å². The van der Waals surface area contributed by atoms with Crippen LogP contribution in [0.1, 0.15) is 11.3 Å². The highest BCUT2D eigenvalue weighted by Gasteiger charge is 2.29. The number of ether oxygens (including phenoxy) is 2. The fourth-order valence-corrected chi connectivity index (χ4v) is 3.84. The lowest BCUT2D eigenvalue weighted by Crippen LogP contribution is -2.32. The number of rotatable bonds is 6. The van der Waals surface area contributed by atoms with Crippen molar-refractivity contribution in [3.63, 3.8) is 0 Å². The summed E-state index contributed by atoms with van der Waals surface area (Å²) < 4.78 is 22.8. The number of H-pyrrole nitrogens is 1. The fraction of sp³-hybridized carbons (Fsp3) is 0.294. The smallest absolute Gasteiger partial charge is 0.281 e. The molecule has 28 heavy (non-hydrogen) atoms. The van der Waals surface area contributed by atoms with Crippen LogP contribution in [0.5, 0.6) is 11.6 Å². The monoisotopic (exact) mass is 403 g/mol. The van der Waals surface area contributed by atoms with Crippen LogP contribution in [0.4, 0.5) is 0 Å². The molecule has 0 bridgehead atoms. The van der Waals surface area contributed by atoms with Crippen LogP contribution in [0, 0.1) is 0 Å². The first kappa shape index (κ1) is 18.3. The lowest BCUT2D eigenvalue weighted by molar-refractivity contribution is -0.159. The van der Waals surface area contributed by atoms with E-state index in [0.717, 1.165) is 5.56 Å². The molecule has 0 aromatic carbocycles. The normalized spacial score (nSPS) is 14.0. The first-order chi connectivity index (χ1) is 13.6. The minimum atomic E-state index is -1.49. The quantitative estimate of drug-likeness (QED) is 0.646. The van der Waals surface area contributed by atoms with E-state index in [-0.39, 0.29) is 24.8 Å². The Hall–Kier alpha value is -3.05. The molecule has 1 amide bonds. The molecule has 0 spiro atoms. The van der Waals surface area contributed by atoms with Crippen molar-refractivity contribution in [1.82, 2.24) is 25.0 Å². The highest BCUT2D eigenvalue weighted by atomic mass is 32.2. The highest BCUT2D eigenvalue weighted by Crippen LogP contribution is 2.31. The number of nitrogens with one attached hydrogen (secondary N) is 1. The number of aromatic nitrogens is 4. The average molecular weight is 403 g/mol. The standard InChI is InChI=1S/C17H17N5O5S/c1-25-8-15(23)22-7-10-12(18-6-5-13(10)27-22)9-28(24)17-19-11-3-4-14(26-2)20-16(11)21-17/h3-6H,7-9H2,1-2H3,(H,19,20,21). The molecule has 146 valence electrons. The highest BCUT2D eigenvalue weighted by molar-refractivity contribution is 7.84. The SMILES string of the molecule is COCC(=O)N1Cc2c(ccnc2CS(=O)c2nc3nc(OC)ccc3[nH]2)O1. The molecule has 4 rings (SSSR count). The predicted molar refractivity (Wildman–Crippen MR) is 97.8 cm³/mol. The molecule has 0 saturated carbocycles. The Balaban J connectivity index is 1.55. The van der Waals surface area contributed by atoms with Crippen LogP contribution < -0.4 is 9.57 Å². The van der Waals surface area contributed by atoms with Crippen LogP contribution in [0.3, 0.4) is 0 Å². The summed E-state index contributed by atoms with van der Waals surface area (Å²) in [6.45, 7) is 0.134. The van der Waals surface area contributed by atoms with E-state index in [1.54, 1.807) is 24.4 Å². The van der Waals surface area contributed by atoms with Crippen LogP contribution in [-0.4, -0.2) is 55.9 Å². The van der Waals surface area contributed by atoms with E-state index in [9.17, 15) is 9.00 Å². The van der Waals surface area contributed by atoms with Crippen molar-refractivity contribution in [1.29, 1.82) is 0 Å². The molecule has 3 aromatic rings. The zero-order valence-electron chi connectivity index (χ0n) is 15.2. The van der Waals surface area contributed by atoms with Gasteiger partial charge < -0.3 is 19.3 Å². The zero-order valence-corrected chi connectivity index (χ0v) is 16.0. The largest absolute Gasteiger partial charge is 0.481 e. The van der Waals surface area contributed by atoms with Crippen LogP contribution >= 0.6 is 0 Å². The summed E-state index contributed by atoms with van der Waals surface area (Å²) in [4.78, 5) is 33.4. The Labute approximate surface area is 162 Å². The van der Waals surface area contributed by atoms with Crippen molar-refractivity contribution >= 4 is 27.9 Å². The van der Waals surface area contributed by atoms with E-state index in [1.807, 2.05) is 0 Å². The van der Waals surface area contributed by atoms with Crippen LogP contribution in [-0.2, 0) is 32.6 Å². The molecule has 1 aliphatic rings. The number of hydrogen-bond acceptors (Lipinski definition) is 8. The maximum Gasteiger partial charge on any atom is 0.281 e. The van der Waals surface area contributed by atoms with E-state index >= 15 is 0 Å². The second kappa shape index (κ2) is 7.52. The molecule has 0 aliphatic carbocycles. The summed E-state index contributed by atoms with van der Waals surface area (Å²) >= 11 is 0. The van der Waals surface area contributed by atoms with Crippen molar-refractivity contribution in [2.45, 2.75) is 17.5 Å². The van der Waals surface area contributed by atoms with E-state index in [1.165, 1.54) is 19.3 Å². The molecule has 3 aromatic heterocycles. The molecular formula is C17H17N5O5S. The van der Waals surface area contributed by atoms with Gasteiger partial charge in [0.25, 0.3) is 5.91 Å². The number of amides is 1. The molecule has 1 aliphatic heterocycles. The van der Waals surface area contributed by atoms with Crippen molar-refractivity contribution in [3.05, 3.63) is 35.7 Å². The molecule has 1 atom stereocenters. The van der Waals surface area contributed by atoms with Crippen molar-refractivity contribution in [3.8, 4) is 11.6 Å². The van der Waals surface area contributed by atoms with E-state index in [2.05, 4.69) is 19.9 Å². The topological polar surface area (TPSA) is 120 Å². The van der Waals surface area contributed by atoms with Gasteiger partial charge in [-0.3, -0.25) is 14.0 Å². The molecule has 1 N–H and O–H groups in total. The fourth-order valence-electron chi connectivity index (χ4n) is 2.79. The third-order valence-electron chi connectivity index (χ3n) is 4.15. The van der Waals surface area contributed by atoms with Gasteiger partial charge in [-0.2, -0.15) is 10.0 Å². The van der Waals surface area contributed by atoms with E-state index in [0.29, 0.717) is 33.6 Å². The number of methoxy groups -OCH3 is 2. The lowest BCUT2D eigenvalue weighted by Gasteiger charge is -2.13. The number of pyridine rings is 2. The van der Waals surface area contributed by atoms with Gasteiger partial charge in [-0.05, 0) is 6.07 Å². The van der Waals surface area contributed by atoms with Gasteiger partial charge in [-0.25, -0.2) is 4.98 Å². The number of fused-ring (bicyclic) bond motifs is 2. The summed E-state index contributed by atoms with van der Waals surface area (Å²) in [5.41, 5.74) is 2.38. The second-order valence-electron chi connectivity index (χ2n) is 5.95. The summed E-state index contributed by atoms with van der Waals surface area (Å²) in [6, 6.07) is 5.13. The Kier molecular flexibility index (Phi) is 4.92. The van der Waals surface area contributed by atoms with Crippen LogP contribution in [0.2, 0.25) is 0 Å². The first-order valence-electron chi connectivity index (χ1n) is 8.32. The van der Waals surface area contributed by atoms with Crippen molar-refractivity contribution in [2.75, 3.05) is 20.8 Å². The van der Waals surface area contributed by atoms with Crippen molar-refractivity contribution < 1.29 is 23.3 Å². The molecule has 10 nitrogen and oxygen atoms in total. The number of carbonyl (C=O) groups is 1. The van der Waals surface area contributed by atoms with Gasteiger partial charge in [0.05, 0.1) is 41.4 Å². The second-order valence-corrected chi connectivity index (χ2v) is 7.31. The Morgan fingerprint density at radius 3 is 2.96 bits per heavy atom. The van der Waals surface area contributed by atoms with Gasteiger partial charge in [-0.1, -0.05) is 0 Å². The summed E-state index contributed by atoms with van der Waals surface area (Å²) in [7, 11) is 1.47. The van der Waals surface area contributed by atoms with Gasteiger partial charge in [-0.15, -0.1) is 0 Å².